The Morgan fingerprint density at radius 2 is 1.52 bits per heavy atom. The van der Waals surface area contributed by atoms with Crippen LogP contribution in [0.3, 0.4) is 0 Å². The smallest absolute Gasteiger partial charge is 0.272 e. The minimum absolute atomic E-state index is 0.199. The Labute approximate surface area is 130 Å². The molecule has 0 unspecified atom stereocenters. The molecule has 0 aliphatic carbocycles. The van der Waals surface area contributed by atoms with E-state index in [1.807, 2.05) is 13.8 Å². The molecule has 0 saturated carbocycles. The van der Waals surface area contributed by atoms with Crippen molar-refractivity contribution in [3.8, 4) is 5.69 Å². The van der Waals surface area contributed by atoms with Crippen molar-refractivity contribution in [2.45, 2.75) is 20.0 Å². The standard InChI is InChI=1S/C18H14F3NO/c1-11-8-13-10-16(18(19,20)21)22(14-6-4-3-5-7-14)17(23)15(13)9-12(11)2/h3-10H,1-2H3. The molecular formula is C18H14F3NO. The topological polar surface area (TPSA) is 22.0 Å². The van der Waals surface area contributed by atoms with Gasteiger partial charge in [-0.15, -0.1) is 0 Å². The molecule has 0 saturated heterocycles. The maximum absolute atomic E-state index is 13.5. The lowest BCUT2D eigenvalue weighted by molar-refractivity contribution is -0.142. The van der Waals surface area contributed by atoms with Crippen molar-refractivity contribution in [1.29, 1.82) is 0 Å². The molecule has 2 nitrogen and oxygen atoms in total. The number of benzene rings is 2. The van der Waals surface area contributed by atoms with Gasteiger partial charge in [0, 0.05) is 11.1 Å². The van der Waals surface area contributed by atoms with Gasteiger partial charge in [-0.25, -0.2) is 0 Å². The van der Waals surface area contributed by atoms with Crippen LogP contribution in [0, 0.1) is 13.8 Å². The third-order valence-electron chi connectivity index (χ3n) is 3.94. The van der Waals surface area contributed by atoms with Crippen molar-refractivity contribution in [3.63, 3.8) is 0 Å². The van der Waals surface area contributed by atoms with Crippen LogP contribution in [0.15, 0.2) is 53.3 Å². The van der Waals surface area contributed by atoms with Gasteiger partial charge in [0.2, 0.25) is 0 Å². The lowest BCUT2D eigenvalue weighted by Crippen LogP contribution is -2.27. The molecule has 2 aromatic carbocycles. The first-order valence-electron chi connectivity index (χ1n) is 7.08. The fraction of sp³-hybridized carbons (Fsp3) is 0.167. The van der Waals surface area contributed by atoms with Crippen molar-refractivity contribution in [3.05, 3.63) is 75.7 Å². The predicted octanol–water partition coefficient (Wildman–Crippen LogP) is 4.63. The highest BCUT2D eigenvalue weighted by Gasteiger charge is 2.35. The summed E-state index contributed by atoms with van der Waals surface area (Å²) in [6.45, 7) is 3.64. The molecule has 1 aromatic heterocycles. The quantitative estimate of drug-likeness (QED) is 0.641. The van der Waals surface area contributed by atoms with Crippen molar-refractivity contribution < 1.29 is 13.2 Å². The summed E-state index contributed by atoms with van der Waals surface area (Å²) in [5.41, 5.74) is 0.287. The molecule has 1 heterocycles. The first kappa shape index (κ1) is 15.3. The van der Waals surface area contributed by atoms with E-state index in [-0.39, 0.29) is 11.1 Å². The zero-order valence-electron chi connectivity index (χ0n) is 12.6. The molecule has 0 bridgehead atoms. The van der Waals surface area contributed by atoms with Crippen molar-refractivity contribution in [2.24, 2.45) is 0 Å². The SMILES string of the molecule is Cc1cc2cc(C(F)(F)F)n(-c3ccccc3)c(=O)c2cc1C. The highest BCUT2D eigenvalue weighted by Crippen LogP contribution is 2.32. The fourth-order valence-electron chi connectivity index (χ4n) is 2.63. The van der Waals surface area contributed by atoms with Crippen molar-refractivity contribution >= 4 is 10.8 Å². The summed E-state index contributed by atoms with van der Waals surface area (Å²) in [5.74, 6) is 0. The van der Waals surface area contributed by atoms with Crippen molar-refractivity contribution in [2.75, 3.05) is 0 Å². The highest BCUT2D eigenvalue weighted by molar-refractivity contribution is 5.84. The third kappa shape index (κ3) is 2.63. The summed E-state index contributed by atoms with van der Waals surface area (Å²) < 4.78 is 41.1. The predicted molar refractivity (Wildman–Crippen MR) is 84.0 cm³/mol. The van der Waals surface area contributed by atoms with E-state index in [9.17, 15) is 18.0 Å². The minimum Gasteiger partial charge on any atom is -0.272 e. The number of aryl methyl sites for hydroxylation is 2. The molecule has 3 aromatic rings. The van der Waals surface area contributed by atoms with E-state index < -0.39 is 17.4 Å². The van der Waals surface area contributed by atoms with Gasteiger partial charge < -0.3 is 0 Å². The number of nitrogens with zero attached hydrogens (tertiary/aromatic N) is 1. The molecular weight excluding hydrogens is 303 g/mol. The second kappa shape index (κ2) is 5.26. The van der Waals surface area contributed by atoms with Crippen LogP contribution in [-0.4, -0.2) is 4.57 Å². The summed E-state index contributed by atoms with van der Waals surface area (Å²) in [4.78, 5) is 12.7. The van der Waals surface area contributed by atoms with Gasteiger partial charge in [0.1, 0.15) is 5.69 Å². The Hall–Kier alpha value is -2.56. The van der Waals surface area contributed by atoms with Crippen LogP contribution < -0.4 is 5.56 Å². The monoisotopic (exact) mass is 317 g/mol. The molecule has 118 valence electrons. The van der Waals surface area contributed by atoms with Gasteiger partial charge in [0.15, 0.2) is 0 Å². The van der Waals surface area contributed by atoms with Crippen LogP contribution >= 0.6 is 0 Å². The Balaban J connectivity index is 2.48. The summed E-state index contributed by atoms with van der Waals surface area (Å²) in [7, 11) is 0. The average Bonchev–Trinajstić information content (AvgIpc) is 2.49. The number of halogens is 3. The fourth-order valence-corrected chi connectivity index (χ4v) is 2.63. The first-order valence-corrected chi connectivity index (χ1v) is 7.08. The summed E-state index contributed by atoms with van der Waals surface area (Å²) in [6, 6.07) is 12.2. The van der Waals surface area contributed by atoms with Crippen LogP contribution in [-0.2, 0) is 6.18 Å². The maximum Gasteiger partial charge on any atom is 0.431 e. The molecule has 0 fully saturated rings. The number of rotatable bonds is 1. The van der Waals surface area contributed by atoms with Gasteiger partial charge in [0.25, 0.3) is 5.56 Å². The van der Waals surface area contributed by atoms with Gasteiger partial charge >= 0.3 is 6.18 Å². The molecule has 5 heteroatoms. The molecule has 23 heavy (non-hydrogen) atoms. The van der Waals surface area contributed by atoms with Crippen LogP contribution in [0.1, 0.15) is 16.8 Å². The second-order valence-electron chi connectivity index (χ2n) is 5.53. The molecule has 0 spiro atoms. The molecule has 0 aliphatic heterocycles. The largest absolute Gasteiger partial charge is 0.431 e. The number of para-hydroxylation sites is 1. The van der Waals surface area contributed by atoms with Gasteiger partial charge in [-0.1, -0.05) is 24.3 Å². The number of hydrogen-bond acceptors (Lipinski definition) is 1. The van der Waals surface area contributed by atoms with Gasteiger partial charge in [-0.2, -0.15) is 13.2 Å². The normalized spacial score (nSPS) is 11.9. The lowest BCUT2D eigenvalue weighted by Gasteiger charge is -2.17. The van der Waals surface area contributed by atoms with E-state index in [1.54, 1.807) is 30.3 Å². The molecule has 0 aliphatic rings. The highest BCUT2D eigenvalue weighted by atomic mass is 19.4. The molecule has 0 atom stereocenters. The zero-order valence-corrected chi connectivity index (χ0v) is 12.6. The molecule has 0 N–H and O–H groups in total. The van der Waals surface area contributed by atoms with Crippen LogP contribution in [0.2, 0.25) is 0 Å². The number of alkyl halides is 3. The second-order valence-corrected chi connectivity index (χ2v) is 5.53. The first-order chi connectivity index (χ1) is 10.8. The van der Waals surface area contributed by atoms with Crippen molar-refractivity contribution in [1.82, 2.24) is 4.57 Å². The Morgan fingerprint density at radius 3 is 2.13 bits per heavy atom. The maximum atomic E-state index is 13.5. The number of fused-ring (bicyclic) bond motifs is 1. The van der Waals surface area contributed by atoms with E-state index in [1.165, 1.54) is 12.1 Å². The van der Waals surface area contributed by atoms with Crippen LogP contribution in [0.5, 0.6) is 0 Å². The molecule has 0 amide bonds. The van der Waals surface area contributed by atoms with Gasteiger partial charge in [-0.3, -0.25) is 9.36 Å². The minimum atomic E-state index is -4.62. The van der Waals surface area contributed by atoms with E-state index in [4.69, 9.17) is 0 Å². The van der Waals surface area contributed by atoms with Gasteiger partial charge in [-0.05, 0) is 54.6 Å². The van der Waals surface area contributed by atoms with Gasteiger partial charge in [0.05, 0.1) is 0 Å². The Kier molecular flexibility index (Phi) is 3.51. The van der Waals surface area contributed by atoms with Crippen LogP contribution in [0.25, 0.3) is 16.5 Å². The van der Waals surface area contributed by atoms with Crippen LogP contribution in [0.4, 0.5) is 13.2 Å². The molecule has 3 rings (SSSR count). The third-order valence-corrected chi connectivity index (χ3v) is 3.94. The number of hydrogen-bond donors (Lipinski definition) is 0. The summed E-state index contributed by atoms with van der Waals surface area (Å²) >= 11 is 0. The zero-order chi connectivity index (χ0) is 16.8. The lowest BCUT2D eigenvalue weighted by atomic mass is 10.0. The summed E-state index contributed by atoms with van der Waals surface area (Å²) in [5, 5.41) is 0.586. The van der Waals surface area contributed by atoms with E-state index in [2.05, 4.69) is 0 Å². The van der Waals surface area contributed by atoms with E-state index >= 15 is 0 Å². The molecule has 0 radical (unpaired) electrons. The Morgan fingerprint density at radius 1 is 0.913 bits per heavy atom. The number of aromatic nitrogens is 1. The van der Waals surface area contributed by atoms with E-state index in [0.717, 1.165) is 21.8 Å². The Bertz CT molecular complexity index is 940. The number of pyridine rings is 1. The summed E-state index contributed by atoms with van der Waals surface area (Å²) in [6.07, 6.45) is -4.62. The average molecular weight is 317 g/mol. The van der Waals surface area contributed by atoms with E-state index in [0.29, 0.717) is 5.39 Å².